The van der Waals surface area contributed by atoms with Gasteiger partial charge in [-0.3, -0.25) is 4.79 Å². The molecule has 2 heteroatoms. The van der Waals surface area contributed by atoms with Crippen LogP contribution in [0.2, 0.25) is 0 Å². The quantitative estimate of drug-likeness (QED) is 0.673. The lowest BCUT2D eigenvalue weighted by Crippen LogP contribution is -2.34. The largest absolute Gasteiger partial charge is 0.335 e. The van der Waals surface area contributed by atoms with Gasteiger partial charge in [0.2, 0.25) is 0 Å². The minimum absolute atomic E-state index is 0.104. The Hall–Kier alpha value is -1.57. The van der Waals surface area contributed by atoms with Crippen LogP contribution in [-0.4, -0.2) is 23.9 Å². The predicted molar refractivity (Wildman–Crippen MR) is 60.7 cm³/mol. The molecule has 0 aromatic heterocycles. The summed E-state index contributed by atoms with van der Waals surface area (Å²) < 4.78 is 0. The number of nitrogens with zero attached hydrogens (tertiary/aromatic N) is 1. The van der Waals surface area contributed by atoms with Crippen molar-refractivity contribution in [2.75, 3.05) is 7.05 Å². The molecular weight excluding hydrogens is 186 g/mol. The number of carbonyl (C=O) groups excluding carboxylic acids is 1. The zero-order valence-corrected chi connectivity index (χ0v) is 8.89. The van der Waals surface area contributed by atoms with E-state index in [1.165, 1.54) is 0 Å². The second-order valence-electron chi connectivity index (χ2n) is 3.85. The van der Waals surface area contributed by atoms with Gasteiger partial charge in [-0.1, -0.05) is 30.4 Å². The zero-order chi connectivity index (χ0) is 10.7. The Morgan fingerprint density at radius 3 is 2.67 bits per heavy atom. The highest BCUT2D eigenvalue weighted by Gasteiger charge is 2.20. The molecule has 2 nitrogen and oxygen atoms in total. The van der Waals surface area contributed by atoms with E-state index in [4.69, 9.17) is 0 Å². The van der Waals surface area contributed by atoms with Crippen LogP contribution >= 0.6 is 0 Å². The molecule has 0 N–H and O–H groups in total. The van der Waals surface area contributed by atoms with E-state index in [-0.39, 0.29) is 11.9 Å². The van der Waals surface area contributed by atoms with Crippen LogP contribution in [0.3, 0.4) is 0 Å². The van der Waals surface area contributed by atoms with Gasteiger partial charge in [0.25, 0.3) is 5.91 Å². The third-order valence-electron chi connectivity index (χ3n) is 2.83. The first-order chi connectivity index (χ1) is 7.29. The summed E-state index contributed by atoms with van der Waals surface area (Å²) in [6, 6.07) is 9.70. The maximum absolute atomic E-state index is 12.0. The van der Waals surface area contributed by atoms with Crippen molar-refractivity contribution >= 4 is 5.91 Å². The second kappa shape index (κ2) is 4.30. The minimum atomic E-state index is 0.104. The van der Waals surface area contributed by atoms with Crippen molar-refractivity contribution in [2.24, 2.45) is 0 Å². The summed E-state index contributed by atoms with van der Waals surface area (Å²) in [7, 11) is 1.87. The summed E-state index contributed by atoms with van der Waals surface area (Å²) in [5.41, 5.74) is 0.764. The van der Waals surface area contributed by atoms with E-state index >= 15 is 0 Å². The zero-order valence-electron chi connectivity index (χ0n) is 8.89. The molecule has 0 saturated carbocycles. The molecule has 1 aliphatic carbocycles. The first kappa shape index (κ1) is 9.97. The Balaban J connectivity index is 2.11. The number of allylic oxidation sites excluding steroid dienone is 1. The first-order valence-electron chi connectivity index (χ1n) is 5.28. The Bertz CT molecular complexity index is 369. The fourth-order valence-electron chi connectivity index (χ4n) is 1.87. The summed E-state index contributed by atoms with van der Waals surface area (Å²) in [5, 5.41) is 0. The molecule has 0 spiro atoms. The summed E-state index contributed by atoms with van der Waals surface area (Å²) in [6.07, 6.45) is 6.38. The van der Waals surface area contributed by atoms with E-state index < -0.39 is 0 Å². The second-order valence-corrected chi connectivity index (χ2v) is 3.85. The van der Waals surface area contributed by atoms with Gasteiger partial charge in [0.15, 0.2) is 0 Å². The average Bonchev–Trinajstić information content (AvgIpc) is 2.82. The number of rotatable bonds is 2. The van der Waals surface area contributed by atoms with Crippen molar-refractivity contribution in [2.45, 2.75) is 18.9 Å². The average molecular weight is 201 g/mol. The Kier molecular flexibility index (Phi) is 2.86. The third kappa shape index (κ3) is 2.09. The van der Waals surface area contributed by atoms with E-state index in [0.29, 0.717) is 0 Å². The van der Waals surface area contributed by atoms with Crippen molar-refractivity contribution in [1.82, 2.24) is 4.90 Å². The molecule has 0 fully saturated rings. The Morgan fingerprint density at radius 2 is 2.07 bits per heavy atom. The van der Waals surface area contributed by atoms with Crippen molar-refractivity contribution in [3.63, 3.8) is 0 Å². The summed E-state index contributed by atoms with van der Waals surface area (Å²) in [4.78, 5) is 13.8. The van der Waals surface area contributed by atoms with Crippen molar-refractivity contribution in [3.05, 3.63) is 48.0 Å². The van der Waals surface area contributed by atoms with Crippen LogP contribution in [0.15, 0.2) is 42.5 Å². The van der Waals surface area contributed by atoms with Crippen LogP contribution in [0.5, 0.6) is 0 Å². The van der Waals surface area contributed by atoms with Gasteiger partial charge >= 0.3 is 0 Å². The molecule has 2 rings (SSSR count). The van der Waals surface area contributed by atoms with E-state index in [9.17, 15) is 4.79 Å². The van der Waals surface area contributed by atoms with Crippen molar-refractivity contribution in [3.8, 4) is 0 Å². The molecule has 78 valence electrons. The van der Waals surface area contributed by atoms with Gasteiger partial charge in [0.05, 0.1) is 6.04 Å². The monoisotopic (exact) mass is 201 g/mol. The van der Waals surface area contributed by atoms with E-state index in [1.807, 2.05) is 42.3 Å². The minimum Gasteiger partial charge on any atom is -0.335 e. The molecular formula is C13H15NO. The van der Waals surface area contributed by atoms with E-state index in [2.05, 4.69) is 12.2 Å². The lowest BCUT2D eigenvalue weighted by atomic mass is 10.1. The van der Waals surface area contributed by atoms with Gasteiger partial charge in [0.1, 0.15) is 0 Å². The molecule has 0 radical (unpaired) electrons. The van der Waals surface area contributed by atoms with Gasteiger partial charge in [-0.05, 0) is 25.0 Å². The van der Waals surface area contributed by atoms with Gasteiger partial charge in [-0.15, -0.1) is 0 Å². The van der Waals surface area contributed by atoms with Gasteiger partial charge < -0.3 is 4.90 Å². The number of carbonyl (C=O) groups is 1. The highest BCUT2D eigenvalue weighted by Crippen LogP contribution is 2.17. The number of amides is 1. The number of hydrogen-bond donors (Lipinski definition) is 0. The van der Waals surface area contributed by atoms with Crippen LogP contribution in [0.25, 0.3) is 0 Å². The highest BCUT2D eigenvalue weighted by atomic mass is 16.2. The Labute approximate surface area is 90.2 Å². The van der Waals surface area contributed by atoms with Crippen LogP contribution < -0.4 is 0 Å². The molecule has 0 aliphatic heterocycles. The standard InChI is InChI=1S/C13H15NO/c1-14(12-9-5-6-10-12)13(15)11-7-3-2-4-8-11/h2-5,7-9,12H,6,10H2,1H3. The van der Waals surface area contributed by atoms with Crippen molar-refractivity contribution < 1.29 is 4.79 Å². The summed E-state index contributed by atoms with van der Waals surface area (Å²) in [6.45, 7) is 0. The maximum Gasteiger partial charge on any atom is 0.254 e. The number of likely N-dealkylation sites (N-methyl/N-ethyl adjacent to an activating group) is 1. The van der Waals surface area contributed by atoms with Crippen LogP contribution in [0.4, 0.5) is 0 Å². The molecule has 15 heavy (non-hydrogen) atoms. The normalized spacial score (nSPS) is 19.1. The van der Waals surface area contributed by atoms with Crippen LogP contribution in [-0.2, 0) is 0 Å². The SMILES string of the molecule is CN(C(=O)c1ccccc1)C1C=CCC1. The third-order valence-corrected chi connectivity index (χ3v) is 2.83. The first-order valence-corrected chi connectivity index (χ1v) is 5.28. The predicted octanol–water partition coefficient (Wildman–Crippen LogP) is 2.48. The molecule has 0 heterocycles. The molecule has 1 aliphatic rings. The number of benzene rings is 1. The molecule has 1 amide bonds. The van der Waals surface area contributed by atoms with Crippen LogP contribution in [0.1, 0.15) is 23.2 Å². The topological polar surface area (TPSA) is 20.3 Å². The Morgan fingerprint density at radius 1 is 1.33 bits per heavy atom. The van der Waals surface area contributed by atoms with E-state index in [1.54, 1.807) is 0 Å². The van der Waals surface area contributed by atoms with Gasteiger partial charge in [-0.2, -0.15) is 0 Å². The molecule has 0 bridgehead atoms. The summed E-state index contributed by atoms with van der Waals surface area (Å²) >= 11 is 0. The molecule has 1 atom stereocenters. The van der Waals surface area contributed by atoms with Gasteiger partial charge in [0, 0.05) is 12.6 Å². The lowest BCUT2D eigenvalue weighted by Gasteiger charge is -2.23. The molecule has 1 unspecified atom stereocenters. The van der Waals surface area contributed by atoms with Crippen LogP contribution in [0, 0.1) is 0 Å². The fraction of sp³-hybridized carbons (Fsp3) is 0.308. The number of hydrogen-bond acceptors (Lipinski definition) is 1. The fourth-order valence-corrected chi connectivity index (χ4v) is 1.87. The summed E-state index contributed by atoms with van der Waals surface area (Å²) in [5.74, 6) is 0.104. The van der Waals surface area contributed by atoms with E-state index in [0.717, 1.165) is 18.4 Å². The van der Waals surface area contributed by atoms with Gasteiger partial charge in [-0.25, -0.2) is 0 Å². The molecule has 1 aromatic rings. The molecule has 0 saturated heterocycles. The van der Waals surface area contributed by atoms with Crippen molar-refractivity contribution in [1.29, 1.82) is 0 Å². The highest BCUT2D eigenvalue weighted by molar-refractivity contribution is 5.94. The lowest BCUT2D eigenvalue weighted by molar-refractivity contribution is 0.0760. The molecule has 1 aromatic carbocycles. The smallest absolute Gasteiger partial charge is 0.254 e. The maximum atomic E-state index is 12.0.